The van der Waals surface area contributed by atoms with Crippen molar-refractivity contribution in [2.45, 2.75) is 19.8 Å². The van der Waals surface area contributed by atoms with Crippen LogP contribution >= 0.6 is 0 Å². The van der Waals surface area contributed by atoms with Crippen LogP contribution in [0.5, 0.6) is 0 Å². The van der Waals surface area contributed by atoms with Gasteiger partial charge in [0.2, 0.25) is 0 Å². The summed E-state index contributed by atoms with van der Waals surface area (Å²) < 4.78 is 0. The van der Waals surface area contributed by atoms with Crippen molar-refractivity contribution in [2.24, 2.45) is 0 Å². The second kappa shape index (κ2) is 3.15. The third-order valence-corrected chi connectivity index (χ3v) is 3.15. The van der Waals surface area contributed by atoms with Crippen LogP contribution in [-0.2, 0) is 0 Å². The van der Waals surface area contributed by atoms with Gasteiger partial charge in [-0.05, 0) is 37.6 Å². The number of hydrogen-bond acceptors (Lipinski definition) is 1. The van der Waals surface area contributed by atoms with Crippen molar-refractivity contribution >= 4 is 0 Å². The lowest BCUT2D eigenvalue weighted by Crippen LogP contribution is -2.42. The van der Waals surface area contributed by atoms with E-state index in [9.17, 15) is 0 Å². The van der Waals surface area contributed by atoms with Crippen molar-refractivity contribution in [2.75, 3.05) is 20.1 Å². The Balaban J connectivity index is 2.26. The number of benzene rings is 1. The molecule has 0 atom stereocenters. The minimum atomic E-state index is 0.782. The van der Waals surface area contributed by atoms with Crippen LogP contribution in [-0.4, -0.2) is 25.0 Å². The van der Waals surface area contributed by atoms with E-state index in [0.717, 1.165) is 5.92 Å². The van der Waals surface area contributed by atoms with Gasteiger partial charge in [0.1, 0.15) is 0 Å². The highest BCUT2D eigenvalue weighted by molar-refractivity contribution is 5.37. The van der Waals surface area contributed by atoms with Crippen molar-refractivity contribution in [1.29, 1.82) is 0 Å². The summed E-state index contributed by atoms with van der Waals surface area (Å²) in [4.78, 5) is 2.37. The first kappa shape index (κ1) is 8.76. The van der Waals surface area contributed by atoms with E-state index in [1.54, 1.807) is 5.56 Å². The van der Waals surface area contributed by atoms with Crippen molar-refractivity contribution in [3.8, 4) is 0 Å². The summed E-state index contributed by atoms with van der Waals surface area (Å²) in [7, 11) is 2.18. The van der Waals surface area contributed by atoms with Crippen LogP contribution in [0.3, 0.4) is 0 Å². The summed E-state index contributed by atoms with van der Waals surface area (Å²) in [6.07, 6.45) is 0. The maximum absolute atomic E-state index is 2.37. The van der Waals surface area contributed by atoms with Gasteiger partial charge in [-0.2, -0.15) is 0 Å². The molecule has 0 aliphatic carbocycles. The van der Waals surface area contributed by atoms with Gasteiger partial charge in [-0.3, -0.25) is 0 Å². The summed E-state index contributed by atoms with van der Waals surface area (Å²) in [5.74, 6) is 0.782. The molecule has 2 rings (SSSR count). The molecule has 1 heterocycles. The van der Waals surface area contributed by atoms with Gasteiger partial charge in [-0.25, -0.2) is 0 Å². The Labute approximate surface area is 80.4 Å². The largest absolute Gasteiger partial charge is 0.305 e. The highest BCUT2D eigenvalue weighted by Crippen LogP contribution is 2.28. The molecule has 0 spiro atoms. The topological polar surface area (TPSA) is 3.24 Å². The lowest BCUT2D eigenvalue weighted by atomic mass is 9.87. The Hall–Kier alpha value is -0.820. The van der Waals surface area contributed by atoms with E-state index in [4.69, 9.17) is 0 Å². The zero-order valence-corrected chi connectivity index (χ0v) is 8.67. The Morgan fingerprint density at radius 2 is 1.92 bits per heavy atom. The molecular formula is C12H17N. The molecule has 13 heavy (non-hydrogen) atoms. The van der Waals surface area contributed by atoms with Crippen LogP contribution in [0.15, 0.2) is 18.2 Å². The molecule has 1 aromatic carbocycles. The minimum Gasteiger partial charge on any atom is -0.305 e. The molecule has 0 unspecified atom stereocenters. The zero-order chi connectivity index (χ0) is 9.42. The summed E-state index contributed by atoms with van der Waals surface area (Å²) >= 11 is 0. The monoisotopic (exact) mass is 175 g/mol. The highest BCUT2D eigenvalue weighted by Gasteiger charge is 2.25. The van der Waals surface area contributed by atoms with E-state index in [1.165, 1.54) is 24.2 Å². The van der Waals surface area contributed by atoms with Crippen molar-refractivity contribution in [3.05, 3.63) is 34.9 Å². The fourth-order valence-corrected chi connectivity index (χ4v) is 2.11. The Morgan fingerprint density at radius 3 is 2.54 bits per heavy atom. The van der Waals surface area contributed by atoms with Crippen molar-refractivity contribution < 1.29 is 0 Å². The first-order chi connectivity index (χ1) is 6.18. The van der Waals surface area contributed by atoms with Crippen LogP contribution in [0.2, 0.25) is 0 Å². The van der Waals surface area contributed by atoms with Gasteiger partial charge in [-0.15, -0.1) is 0 Å². The minimum absolute atomic E-state index is 0.782. The molecule has 0 radical (unpaired) electrons. The predicted molar refractivity (Wildman–Crippen MR) is 56.2 cm³/mol. The van der Waals surface area contributed by atoms with Gasteiger partial charge in [0.25, 0.3) is 0 Å². The van der Waals surface area contributed by atoms with Crippen molar-refractivity contribution in [1.82, 2.24) is 4.90 Å². The van der Waals surface area contributed by atoms with Crippen LogP contribution in [0.1, 0.15) is 22.6 Å². The summed E-state index contributed by atoms with van der Waals surface area (Å²) in [5, 5.41) is 0. The molecule has 0 N–H and O–H groups in total. The molecule has 70 valence electrons. The average molecular weight is 175 g/mol. The second-order valence-electron chi connectivity index (χ2n) is 4.21. The molecule has 1 aromatic rings. The van der Waals surface area contributed by atoms with Gasteiger partial charge in [0, 0.05) is 19.0 Å². The van der Waals surface area contributed by atoms with Gasteiger partial charge in [-0.1, -0.05) is 18.2 Å². The van der Waals surface area contributed by atoms with Crippen LogP contribution < -0.4 is 0 Å². The molecule has 1 aliphatic heterocycles. The first-order valence-corrected chi connectivity index (χ1v) is 4.93. The summed E-state index contributed by atoms with van der Waals surface area (Å²) in [6, 6.07) is 6.65. The van der Waals surface area contributed by atoms with Crippen LogP contribution in [0, 0.1) is 13.8 Å². The third-order valence-electron chi connectivity index (χ3n) is 3.15. The predicted octanol–water partition coefficient (Wildman–Crippen LogP) is 2.33. The number of likely N-dealkylation sites (N-methyl/N-ethyl adjacent to an activating group) is 1. The van der Waals surface area contributed by atoms with Gasteiger partial charge in [0.15, 0.2) is 0 Å². The molecule has 1 saturated heterocycles. The lowest BCUT2D eigenvalue weighted by Gasteiger charge is -2.37. The van der Waals surface area contributed by atoms with Gasteiger partial charge >= 0.3 is 0 Å². The SMILES string of the molecule is Cc1cccc(C2CN(C)C2)c1C. The molecule has 1 aliphatic rings. The molecular weight excluding hydrogens is 158 g/mol. The van der Waals surface area contributed by atoms with E-state index in [2.05, 4.69) is 44.0 Å². The number of aryl methyl sites for hydroxylation is 1. The average Bonchev–Trinajstić information content (AvgIpc) is 2.05. The van der Waals surface area contributed by atoms with E-state index in [-0.39, 0.29) is 0 Å². The van der Waals surface area contributed by atoms with Crippen LogP contribution in [0.25, 0.3) is 0 Å². The van der Waals surface area contributed by atoms with Gasteiger partial charge < -0.3 is 4.90 Å². The Morgan fingerprint density at radius 1 is 1.23 bits per heavy atom. The molecule has 0 saturated carbocycles. The van der Waals surface area contributed by atoms with E-state index < -0.39 is 0 Å². The fraction of sp³-hybridized carbons (Fsp3) is 0.500. The Kier molecular flexibility index (Phi) is 2.12. The molecule has 0 aromatic heterocycles. The standard InChI is InChI=1S/C12H17N/c1-9-5-4-6-12(10(9)2)11-7-13(3)8-11/h4-6,11H,7-8H2,1-3H3. The lowest BCUT2D eigenvalue weighted by molar-refractivity contribution is 0.189. The van der Waals surface area contributed by atoms with E-state index >= 15 is 0 Å². The first-order valence-electron chi connectivity index (χ1n) is 4.93. The molecule has 1 fully saturated rings. The second-order valence-corrected chi connectivity index (χ2v) is 4.21. The van der Waals surface area contributed by atoms with E-state index in [1.807, 2.05) is 0 Å². The Bertz CT molecular complexity index is 311. The molecule has 0 amide bonds. The zero-order valence-electron chi connectivity index (χ0n) is 8.67. The quantitative estimate of drug-likeness (QED) is 0.633. The van der Waals surface area contributed by atoms with Crippen molar-refractivity contribution in [3.63, 3.8) is 0 Å². The number of hydrogen-bond donors (Lipinski definition) is 0. The maximum Gasteiger partial charge on any atom is 0.00960 e. The number of rotatable bonds is 1. The molecule has 0 bridgehead atoms. The summed E-state index contributed by atoms with van der Waals surface area (Å²) in [5.41, 5.74) is 4.46. The molecule has 1 heteroatoms. The van der Waals surface area contributed by atoms with Gasteiger partial charge in [0.05, 0.1) is 0 Å². The number of nitrogens with zero attached hydrogens (tertiary/aromatic N) is 1. The molecule has 1 nitrogen and oxygen atoms in total. The highest BCUT2D eigenvalue weighted by atomic mass is 15.2. The van der Waals surface area contributed by atoms with E-state index in [0.29, 0.717) is 0 Å². The van der Waals surface area contributed by atoms with Crippen LogP contribution in [0.4, 0.5) is 0 Å². The smallest absolute Gasteiger partial charge is 0.00960 e. The third kappa shape index (κ3) is 1.49. The fourth-order valence-electron chi connectivity index (χ4n) is 2.11. The maximum atomic E-state index is 2.37. The normalized spacial score (nSPS) is 18.7. The number of likely N-dealkylation sites (tertiary alicyclic amines) is 1. The summed E-state index contributed by atoms with van der Waals surface area (Å²) in [6.45, 7) is 6.89.